The van der Waals surface area contributed by atoms with Crippen LogP contribution in [0.5, 0.6) is 0 Å². The third-order valence-electron chi connectivity index (χ3n) is 8.04. The van der Waals surface area contributed by atoms with Crippen molar-refractivity contribution in [2.45, 2.75) is 0 Å². The first kappa shape index (κ1) is 31.5. The minimum Gasteiger partial charge on any atom is -0.493 e. The molecule has 0 radical (unpaired) electrons. The Labute approximate surface area is 290 Å². The number of rotatable bonds is 6. The topological polar surface area (TPSA) is 140 Å². The van der Waals surface area contributed by atoms with E-state index in [2.05, 4.69) is 9.98 Å². The van der Waals surface area contributed by atoms with E-state index in [1.807, 2.05) is 0 Å². The molecule has 0 amide bonds. The Morgan fingerprint density at radius 1 is 0.417 bits per heavy atom. The van der Waals surface area contributed by atoms with Crippen LogP contribution in [0.3, 0.4) is 0 Å². The van der Waals surface area contributed by atoms with Crippen molar-refractivity contribution in [3.8, 4) is 0 Å². The molecule has 0 spiro atoms. The van der Waals surface area contributed by atoms with Crippen molar-refractivity contribution in [3.05, 3.63) is 127 Å². The van der Waals surface area contributed by atoms with Crippen LogP contribution < -0.4 is 0 Å². The predicted molar refractivity (Wildman–Crippen MR) is 192 cm³/mol. The number of aliphatic hydroxyl groups is 2. The van der Waals surface area contributed by atoms with Gasteiger partial charge in [-0.2, -0.15) is 0 Å². The van der Waals surface area contributed by atoms with Gasteiger partial charge in [0.2, 0.25) is 11.8 Å². The summed E-state index contributed by atoms with van der Waals surface area (Å²) in [6, 6.07) is 22.5. The van der Waals surface area contributed by atoms with Gasteiger partial charge in [0.05, 0.1) is 22.5 Å². The Balaban J connectivity index is 1.77. The monoisotopic (exact) mass is 714 g/mol. The number of fused-ring (bicyclic) bond motifs is 2. The van der Waals surface area contributed by atoms with Crippen LogP contribution in [0, 0.1) is 0 Å². The highest BCUT2D eigenvalue weighted by atomic mass is 35.5. The van der Waals surface area contributed by atoms with E-state index in [-0.39, 0.29) is 85.4 Å². The van der Waals surface area contributed by atoms with E-state index in [1.165, 1.54) is 12.1 Å². The zero-order chi connectivity index (χ0) is 34.0. The largest absolute Gasteiger partial charge is 0.493 e. The fraction of sp³-hybridized carbons (Fsp3) is 0. The van der Waals surface area contributed by atoms with Gasteiger partial charge >= 0.3 is 11.9 Å². The molecule has 0 aliphatic carbocycles. The molecule has 12 heteroatoms. The Morgan fingerprint density at radius 3 is 1.02 bits per heavy atom. The lowest BCUT2D eigenvalue weighted by Gasteiger charge is -2.22. The summed E-state index contributed by atoms with van der Waals surface area (Å²) in [7, 11) is 0. The van der Waals surface area contributed by atoms with Crippen LogP contribution in [0.15, 0.2) is 94.9 Å². The highest BCUT2D eigenvalue weighted by molar-refractivity contribution is 6.55. The van der Waals surface area contributed by atoms with Crippen molar-refractivity contribution in [2.24, 2.45) is 9.98 Å². The van der Waals surface area contributed by atoms with Crippen molar-refractivity contribution < 1.29 is 30.0 Å². The average Bonchev–Trinajstić information content (AvgIpc) is 3.05. The standard InChI is InChI=1S/C36H18Cl4N2O6/c37-21-11-17(33(43)41-15-7-3-1-4-8-15)25-18(34(44)42-16-9-5-2-6-10-16)12-22(38)28-30-24(40)14-20(36(47)48)26-19(35(45)46)13-23(39)29(32(26)30)27(21)31(25)28/h1-14H,(H,41,43)(H,42,44)(H,45,46)(H,47,48). The molecule has 7 rings (SSSR count). The van der Waals surface area contributed by atoms with E-state index in [0.29, 0.717) is 11.4 Å². The van der Waals surface area contributed by atoms with E-state index in [4.69, 9.17) is 46.4 Å². The second-order valence-corrected chi connectivity index (χ2v) is 12.4. The second kappa shape index (κ2) is 11.8. The van der Waals surface area contributed by atoms with Gasteiger partial charge in [-0.1, -0.05) is 82.8 Å². The van der Waals surface area contributed by atoms with Gasteiger partial charge < -0.3 is 20.4 Å². The molecule has 0 aliphatic rings. The molecule has 8 nitrogen and oxygen atoms in total. The summed E-state index contributed by atoms with van der Waals surface area (Å²) in [4.78, 5) is 33.7. The summed E-state index contributed by atoms with van der Waals surface area (Å²) in [5.74, 6) is -3.73. The normalized spacial score (nSPS) is 12.5. The SMILES string of the molecule is O=C(O)c1cc(Cl)c2c3c(Cl)cc(C(O)=Nc4ccccc4)c4c(C(O)=Nc5ccccc5)cc(Cl)c(c5c(Cl)cc(C(=O)O)c1c25)c43. The minimum absolute atomic E-state index is 0.0371. The molecule has 0 aromatic heterocycles. The summed E-state index contributed by atoms with van der Waals surface area (Å²) in [5.41, 5.74) is 0.320. The van der Waals surface area contributed by atoms with Crippen molar-refractivity contribution in [1.29, 1.82) is 0 Å². The maximum atomic E-state index is 12.4. The Hall–Kier alpha value is -5.12. The minimum atomic E-state index is -1.41. The van der Waals surface area contributed by atoms with Gasteiger partial charge in [0.1, 0.15) is 0 Å². The zero-order valence-corrected chi connectivity index (χ0v) is 27.1. The van der Waals surface area contributed by atoms with Gasteiger partial charge in [0.25, 0.3) is 0 Å². The average molecular weight is 716 g/mol. The van der Waals surface area contributed by atoms with Crippen molar-refractivity contribution >= 4 is 125 Å². The molecule has 0 bridgehead atoms. The lowest BCUT2D eigenvalue weighted by molar-refractivity contribution is 0.0695. The number of carboxylic acids is 2. The molecule has 0 saturated heterocycles. The smallest absolute Gasteiger partial charge is 0.336 e. The fourth-order valence-corrected chi connectivity index (χ4v) is 7.37. The third kappa shape index (κ3) is 4.93. The van der Waals surface area contributed by atoms with Crippen LogP contribution in [0.1, 0.15) is 31.8 Å². The summed E-state index contributed by atoms with van der Waals surface area (Å²) in [6.45, 7) is 0. The zero-order valence-electron chi connectivity index (χ0n) is 24.1. The lowest BCUT2D eigenvalue weighted by Crippen LogP contribution is -2.09. The quantitative estimate of drug-likeness (QED) is 0.0584. The Kier molecular flexibility index (Phi) is 7.77. The van der Waals surface area contributed by atoms with Gasteiger partial charge in [0.15, 0.2) is 0 Å². The summed E-state index contributed by atoms with van der Waals surface area (Å²) in [5, 5.41) is 44.7. The number of carboxylic acid groups (broad SMARTS) is 2. The van der Waals surface area contributed by atoms with Crippen molar-refractivity contribution in [2.75, 3.05) is 0 Å². The van der Waals surface area contributed by atoms with Gasteiger partial charge in [0, 0.05) is 74.3 Å². The third-order valence-corrected chi connectivity index (χ3v) is 9.23. The van der Waals surface area contributed by atoms with E-state index in [1.54, 1.807) is 60.7 Å². The van der Waals surface area contributed by atoms with Crippen LogP contribution >= 0.6 is 46.4 Å². The number of hydrogen-bond donors (Lipinski definition) is 4. The first-order valence-corrected chi connectivity index (χ1v) is 15.6. The molecule has 7 aromatic carbocycles. The summed E-state index contributed by atoms with van der Waals surface area (Å²) in [6.07, 6.45) is 0. The molecule has 0 atom stereocenters. The summed E-state index contributed by atoms with van der Waals surface area (Å²) < 4.78 is 0. The fourth-order valence-electron chi connectivity index (χ4n) is 6.18. The maximum absolute atomic E-state index is 12.4. The molecular weight excluding hydrogens is 698 g/mol. The van der Waals surface area contributed by atoms with Crippen LogP contribution in [0.4, 0.5) is 11.4 Å². The predicted octanol–water partition coefficient (Wildman–Crippen LogP) is 11.0. The van der Waals surface area contributed by atoms with E-state index >= 15 is 0 Å². The van der Waals surface area contributed by atoms with Crippen molar-refractivity contribution in [3.63, 3.8) is 0 Å². The number of hydrogen-bond acceptors (Lipinski definition) is 4. The highest BCUT2D eigenvalue weighted by Gasteiger charge is 2.30. The molecule has 0 unspecified atom stereocenters. The van der Waals surface area contributed by atoms with E-state index < -0.39 is 23.7 Å². The Morgan fingerprint density at radius 2 is 0.708 bits per heavy atom. The maximum Gasteiger partial charge on any atom is 0.336 e. The molecule has 4 N–H and O–H groups in total. The molecule has 48 heavy (non-hydrogen) atoms. The van der Waals surface area contributed by atoms with Crippen LogP contribution in [0.2, 0.25) is 20.1 Å². The second-order valence-electron chi connectivity index (χ2n) is 10.8. The molecule has 0 aliphatic heterocycles. The van der Waals surface area contributed by atoms with Gasteiger partial charge in [-0.15, -0.1) is 0 Å². The van der Waals surface area contributed by atoms with Crippen LogP contribution in [-0.2, 0) is 0 Å². The van der Waals surface area contributed by atoms with Crippen molar-refractivity contribution in [1.82, 2.24) is 0 Å². The molecule has 0 fully saturated rings. The lowest BCUT2D eigenvalue weighted by atomic mass is 9.84. The molecule has 0 saturated carbocycles. The van der Waals surface area contributed by atoms with Crippen LogP contribution in [0.25, 0.3) is 43.1 Å². The highest BCUT2D eigenvalue weighted by Crippen LogP contribution is 2.52. The number of nitrogens with zero attached hydrogens (tertiary/aromatic N) is 2. The van der Waals surface area contributed by atoms with E-state index in [0.717, 1.165) is 12.1 Å². The summed E-state index contributed by atoms with van der Waals surface area (Å²) >= 11 is 27.7. The number of para-hydroxylation sites is 2. The van der Waals surface area contributed by atoms with Gasteiger partial charge in [-0.25, -0.2) is 19.6 Å². The van der Waals surface area contributed by atoms with E-state index in [9.17, 15) is 30.0 Å². The van der Waals surface area contributed by atoms with Gasteiger partial charge in [-0.3, -0.25) is 0 Å². The Bertz CT molecular complexity index is 2400. The number of aliphatic hydroxyl groups excluding tert-OH is 2. The molecule has 7 aromatic rings. The van der Waals surface area contributed by atoms with Gasteiger partial charge in [-0.05, 0) is 48.5 Å². The number of aliphatic imine (C=N–C) groups is 2. The number of aromatic carboxylic acids is 2. The van der Waals surface area contributed by atoms with Crippen LogP contribution in [-0.4, -0.2) is 44.2 Å². The molecular formula is C36H18Cl4N2O6. The first-order valence-electron chi connectivity index (χ1n) is 14.1. The number of carbonyl (C=O) groups is 2. The molecule has 0 heterocycles. The number of benzene rings is 7. The number of halogens is 4. The molecule has 236 valence electrons. The first-order chi connectivity index (χ1) is 23.0.